The van der Waals surface area contributed by atoms with Crippen molar-refractivity contribution in [1.29, 1.82) is 0 Å². The minimum Gasteiger partial charge on any atom is -0.539 e. The summed E-state index contributed by atoms with van der Waals surface area (Å²) in [4.78, 5) is 4.39. The third-order valence-corrected chi connectivity index (χ3v) is 4.92. The first-order chi connectivity index (χ1) is 13.6. The van der Waals surface area contributed by atoms with E-state index in [2.05, 4.69) is 20.8 Å². The number of benzene rings is 2. The van der Waals surface area contributed by atoms with Crippen LogP contribution in [-0.2, 0) is 0 Å². The molecule has 0 aliphatic rings. The molecule has 0 saturated heterocycles. The largest absolute Gasteiger partial charge is 0.539 e. The second-order valence-corrected chi connectivity index (χ2v) is 7.29. The van der Waals surface area contributed by atoms with Crippen molar-refractivity contribution in [2.45, 2.75) is 0 Å². The maximum absolute atomic E-state index is 12.1. The van der Waals surface area contributed by atoms with Crippen molar-refractivity contribution in [2.75, 3.05) is 5.43 Å². The highest BCUT2D eigenvalue weighted by Gasteiger charge is 2.24. The molecule has 0 aliphatic carbocycles. The molecule has 2 heterocycles. The van der Waals surface area contributed by atoms with Crippen LogP contribution in [0.3, 0.4) is 0 Å². The lowest BCUT2D eigenvalue weighted by Gasteiger charge is -1.96. The first-order valence-corrected chi connectivity index (χ1v) is 9.59. The summed E-state index contributed by atoms with van der Waals surface area (Å²) in [6, 6.07) is 14.1. The van der Waals surface area contributed by atoms with E-state index >= 15 is 0 Å². The molecule has 140 valence electrons. The number of halogens is 2. The Morgan fingerprint density at radius 3 is 2.46 bits per heavy atom. The molecule has 28 heavy (non-hydrogen) atoms. The van der Waals surface area contributed by atoms with Crippen LogP contribution in [0.15, 0.2) is 63.5 Å². The standard InChI is InChI=1S/C18H11Cl2N5O2S/c19-12-3-1-11(2-4-12)9-21-23-18-22-15(10-28-18)16-17(26)27-24-25(16)14-7-5-13(20)6-8-14/h1-10H,(H-,22,23,24,26)/b21-9+. The van der Waals surface area contributed by atoms with Gasteiger partial charge in [0.1, 0.15) is 0 Å². The summed E-state index contributed by atoms with van der Waals surface area (Å²) < 4.78 is 6.20. The molecule has 4 aromatic rings. The van der Waals surface area contributed by atoms with Crippen LogP contribution in [-0.4, -0.2) is 16.5 Å². The highest BCUT2D eigenvalue weighted by Crippen LogP contribution is 2.28. The van der Waals surface area contributed by atoms with E-state index in [1.165, 1.54) is 16.0 Å². The van der Waals surface area contributed by atoms with Gasteiger partial charge in [-0.1, -0.05) is 35.3 Å². The van der Waals surface area contributed by atoms with E-state index in [1.54, 1.807) is 48.0 Å². The lowest BCUT2D eigenvalue weighted by atomic mass is 10.2. The number of nitrogens with one attached hydrogen (secondary N) is 1. The van der Waals surface area contributed by atoms with Crippen LogP contribution in [0.4, 0.5) is 5.13 Å². The molecule has 0 unspecified atom stereocenters. The van der Waals surface area contributed by atoms with Crippen molar-refractivity contribution in [1.82, 2.24) is 10.3 Å². The maximum Gasteiger partial charge on any atom is 0.289 e. The first kappa shape index (κ1) is 18.4. The highest BCUT2D eigenvalue weighted by molar-refractivity contribution is 7.14. The van der Waals surface area contributed by atoms with E-state index in [0.717, 1.165) is 5.56 Å². The molecule has 0 atom stereocenters. The molecule has 1 N–H and O–H groups in total. The summed E-state index contributed by atoms with van der Waals surface area (Å²) in [6.07, 6.45) is 1.64. The molecule has 4 rings (SSSR count). The van der Waals surface area contributed by atoms with Gasteiger partial charge >= 0.3 is 0 Å². The van der Waals surface area contributed by atoms with Gasteiger partial charge < -0.3 is 9.63 Å². The van der Waals surface area contributed by atoms with Gasteiger partial charge in [0.25, 0.3) is 5.69 Å². The second kappa shape index (κ2) is 7.97. The van der Waals surface area contributed by atoms with Crippen molar-refractivity contribution >= 4 is 45.9 Å². The summed E-state index contributed by atoms with van der Waals surface area (Å²) in [7, 11) is 0. The van der Waals surface area contributed by atoms with Gasteiger partial charge in [0.2, 0.25) is 10.8 Å². The van der Waals surface area contributed by atoms with E-state index in [4.69, 9.17) is 27.7 Å². The Morgan fingerprint density at radius 1 is 1.07 bits per heavy atom. The number of thiazole rings is 1. The number of aromatic nitrogens is 3. The molecule has 0 saturated carbocycles. The molecule has 0 spiro atoms. The number of rotatable bonds is 5. The SMILES string of the molecule is [O-]c1on[n+](-c2ccc(Cl)cc2)c1-c1csc(N/N=C/c2ccc(Cl)cc2)n1. The minimum absolute atomic E-state index is 0.216. The Hall–Kier alpha value is -2.94. The van der Waals surface area contributed by atoms with Crippen LogP contribution < -0.4 is 15.2 Å². The Bertz CT molecular complexity index is 1120. The predicted molar refractivity (Wildman–Crippen MR) is 106 cm³/mol. The van der Waals surface area contributed by atoms with Crippen LogP contribution in [0.2, 0.25) is 10.0 Å². The van der Waals surface area contributed by atoms with Crippen molar-refractivity contribution < 1.29 is 14.3 Å². The first-order valence-electron chi connectivity index (χ1n) is 7.95. The smallest absolute Gasteiger partial charge is 0.289 e. The summed E-state index contributed by atoms with van der Waals surface area (Å²) in [6.45, 7) is 0. The normalized spacial score (nSPS) is 11.2. The number of hydrogen-bond acceptors (Lipinski definition) is 7. The molecule has 0 radical (unpaired) electrons. The van der Waals surface area contributed by atoms with Crippen molar-refractivity contribution in [3.63, 3.8) is 0 Å². The average molecular weight is 432 g/mol. The van der Waals surface area contributed by atoms with E-state index in [0.29, 0.717) is 26.6 Å². The Morgan fingerprint density at radius 2 is 1.75 bits per heavy atom. The zero-order valence-electron chi connectivity index (χ0n) is 14.0. The molecular formula is C18H11Cl2N5O2S. The monoisotopic (exact) mass is 431 g/mol. The van der Waals surface area contributed by atoms with Crippen molar-refractivity contribution in [2.24, 2.45) is 5.10 Å². The molecule has 2 aromatic carbocycles. The molecule has 2 aromatic heterocycles. The fourth-order valence-electron chi connectivity index (χ4n) is 2.36. The predicted octanol–water partition coefficient (Wildman–Crippen LogP) is 3.90. The molecule has 0 bridgehead atoms. The van der Waals surface area contributed by atoms with Crippen LogP contribution in [0.25, 0.3) is 17.1 Å². The Balaban J connectivity index is 1.55. The molecule has 0 fully saturated rings. The van der Waals surface area contributed by atoms with Gasteiger partial charge in [-0.05, 0) is 34.5 Å². The van der Waals surface area contributed by atoms with E-state index in [1.807, 2.05) is 12.1 Å². The average Bonchev–Trinajstić information content (AvgIpc) is 3.30. The molecule has 7 nitrogen and oxygen atoms in total. The third kappa shape index (κ3) is 3.99. The molecular weight excluding hydrogens is 421 g/mol. The lowest BCUT2D eigenvalue weighted by molar-refractivity contribution is -0.660. The molecule has 10 heteroatoms. The van der Waals surface area contributed by atoms with Gasteiger partial charge in [-0.2, -0.15) is 5.10 Å². The van der Waals surface area contributed by atoms with Gasteiger partial charge in [-0.25, -0.2) is 4.98 Å². The fraction of sp³-hybridized carbons (Fsp3) is 0. The molecule has 0 amide bonds. The van der Waals surface area contributed by atoms with Crippen molar-refractivity contribution in [3.05, 3.63) is 69.5 Å². The van der Waals surface area contributed by atoms with Gasteiger partial charge in [0.15, 0.2) is 11.6 Å². The van der Waals surface area contributed by atoms with Crippen molar-refractivity contribution in [3.8, 4) is 23.0 Å². The Labute approximate surface area is 173 Å². The second-order valence-electron chi connectivity index (χ2n) is 5.56. The Kier molecular flexibility index (Phi) is 5.25. The zero-order valence-corrected chi connectivity index (χ0v) is 16.4. The fourth-order valence-corrected chi connectivity index (χ4v) is 3.26. The number of anilines is 1. The van der Waals surface area contributed by atoms with Gasteiger partial charge in [0.05, 0.1) is 11.5 Å². The number of hydrogen-bond donors (Lipinski definition) is 1. The highest BCUT2D eigenvalue weighted by atomic mass is 35.5. The van der Waals surface area contributed by atoms with Gasteiger partial charge in [0, 0.05) is 27.6 Å². The maximum atomic E-state index is 12.1. The van der Waals surface area contributed by atoms with Gasteiger partial charge in [-0.15, -0.1) is 11.3 Å². The van der Waals surface area contributed by atoms with E-state index in [9.17, 15) is 5.11 Å². The summed E-state index contributed by atoms with van der Waals surface area (Å²) >= 11 is 13.1. The lowest BCUT2D eigenvalue weighted by Crippen LogP contribution is -2.34. The number of hydrazone groups is 1. The van der Waals surface area contributed by atoms with Gasteiger partial charge in [-0.3, -0.25) is 5.43 Å². The summed E-state index contributed by atoms with van der Waals surface area (Å²) in [5, 5.41) is 23.6. The van der Waals surface area contributed by atoms with E-state index < -0.39 is 5.95 Å². The summed E-state index contributed by atoms with van der Waals surface area (Å²) in [5.74, 6) is -0.587. The van der Waals surface area contributed by atoms with E-state index in [-0.39, 0.29) is 5.69 Å². The van der Waals surface area contributed by atoms with Crippen LogP contribution in [0, 0.1) is 0 Å². The van der Waals surface area contributed by atoms with Crippen LogP contribution in [0.1, 0.15) is 5.56 Å². The summed E-state index contributed by atoms with van der Waals surface area (Å²) in [5.41, 5.74) is 5.00. The minimum atomic E-state index is -0.587. The van der Waals surface area contributed by atoms with Crippen LogP contribution >= 0.6 is 34.5 Å². The third-order valence-electron chi connectivity index (χ3n) is 3.67. The van der Waals surface area contributed by atoms with Crippen LogP contribution in [0.5, 0.6) is 5.95 Å². The zero-order chi connectivity index (χ0) is 19.5. The topological polar surface area (TPSA) is 90.2 Å². The molecule has 0 aliphatic heterocycles. The number of nitrogens with zero attached hydrogens (tertiary/aromatic N) is 4. The quantitative estimate of drug-likeness (QED) is 0.294.